The van der Waals surface area contributed by atoms with Crippen LogP contribution in [0.4, 0.5) is 0 Å². The Balaban J connectivity index is 3.24. The van der Waals surface area contributed by atoms with Gasteiger partial charge in [-0.25, -0.2) is 4.79 Å². The summed E-state index contributed by atoms with van der Waals surface area (Å²) in [6.07, 6.45) is 0. The molecule has 1 rings (SSSR count). The molecule has 86 valence electrons. The molecule has 1 unspecified atom stereocenters. The molecule has 16 heavy (non-hydrogen) atoms. The van der Waals surface area contributed by atoms with Gasteiger partial charge >= 0.3 is 5.97 Å². The molecule has 0 saturated carbocycles. The van der Waals surface area contributed by atoms with Crippen LogP contribution in [-0.4, -0.2) is 28.5 Å². The summed E-state index contributed by atoms with van der Waals surface area (Å²) in [5.74, 6) is -1.20. The van der Waals surface area contributed by atoms with Crippen LogP contribution >= 0.6 is 15.9 Å². The number of benzene rings is 1. The van der Waals surface area contributed by atoms with E-state index >= 15 is 0 Å². The number of ether oxygens (including phenoxy) is 1. The van der Waals surface area contributed by atoms with Crippen LogP contribution < -0.4 is 0 Å². The number of hydrogen-bond acceptors (Lipinski definition) is 4. The van der Waals surface area contributed by atoms with Crippen LogP contribution in [0.15, 0.2) is 24.3 Å². The minimum absolute atomic E-state index is 0.122. The van der Waals surface area contributed by atoms with Crippen LogP contribution in [0.3, 0.4) is 0 Å². The van der Waals surface area contributed by atoms with Gasteiger partial charge in [0.1, 0.15) is 0 Å². The van der Waals surface area contributed by atoms with Crippen molar-refractivity contribution in [1.29, 1.82) is 0 Å². The van der Waals surface area contributed by atoms with Gasteiger partial charge in [-0.05, 0) is 28.9 Å². The Labute approximate surface area is 101 Å². The molecule has 0 fully saturated rings. The number of alkyl halides is 1. The Bertz CT molecular complexity index is 420. The van der Waals surface area contributed by atoms with Gasteiger partial charge in [0.25, 0.3) is 0 Å². The minimum Gasteiger partial charge on any atom is -0.465 e. The standard InChI is InChI=1S/C11H11BrO4/c1-11(12,15)9(13)7-5-3-4-6-8(7)10(14)16-2/h3-6,15H,1-2H3. The van der Waals surface area contributed by atoms with E-state index in [0.717, 1.165) is 0 Å². The van der Waals surface area contributed by atoms with Crippen molar-refractivity contribution in [2.75, 3.05) is 7.11 Å². The Morgan fingerprint density at radius 2 is 1.81 bits per heavy atom. The lowest BCUT2D eigenvalue weighted by Crippen LogP contribution is -2.29. The largest absolute Gasteiger partial charge is 0.465 e. The summed E-state index contributed by atoms with van der Waals surface area (Å²) >= 11 is 2.84. The van der Waals surface area contributed by atoms with E-state index in [1.807, 2.05) is 0 Å². The minimum atomic E-state index is -1.70. The van der Waals surface area contributed by atoms with Crippen LogP contribution in [0.5, 0.6) is 0 Å². The van der Waals surface area contributed by atoms with Crippen molar-refractivity contribution < 1.29 is 19.4 Å². The van der Waals surface area contributed by atoms with Gasteiger partial charge in [-0.2, -0.15) is 0 Å². The van der Waals surface area contributed by atoms with Gasteiger partial charge in [0.2, 0.25) is 5.78 Å². The molecule has 0 aliphatic heterocycles. The zero-order valence-electron chi connectivity index (χ0n) is 8.86. The van der Waals surface area contributed by atoms with E-state index in [1.54, 1.807) is 12.1 Å². The third kappa shape index (κ3) is 2.68. The Morgan fingerprint density at radius 3 is 2.25 bits per heavy atom. The molecule has 1 aromatic carbocycles. The lowest BCUT2D eigenvalue weighted by molar-refractivity contribution is 0.0590. The Kier molecular flexibility index (Phi) is 3.83. The molecule has 0 amide bonds. The topological polar surface area (TPSA) is 63.6 Å². The molecule has 0 aliphatic carbocycles. The fourth-order valence-corrected chi connectivity index (χ4v) is 1.43. The summed E-state index contributed by atoms with van der Waals surface area (Å²) < 4.78 is 2.85. The average molecular weight is 287 g/mol. The van der Waals surface area contributed by atoms with Crippen LogP contribution in [0.1, 0.15) is 27.6 Å². The highest BCUT2D eigenvalue weighted by molar-refractivity contribution is 9.10. The Morgan fingerprint density at radius 1 is 1.31 bits per heavy atom. The van der Waals surface area contributed by atoms with E-state index in [-0.39, 0.29) is 11.1 Å². The van der Waals surface area contributed by atoms with Crippen LogP contribution in [-0.2, 0) is 4.74 Å². The molecule has 5 heteroatoms. The highest BCUT2D eigenvalue weighted by Crippen LogP contribution is 2.22. The highest BCUT2D eigenvalue weighted by Gasteiger charge is 2.30. The smallest absolute Gasteiger partial charge is 0.338 e. The lowest BCUT2D eigenvalue weighted by Gasteiger charge is -2.15. The van der Waals surface area contributed by atoms with Crippen LogP contribution in [0.25, 0.3) is 0 Å². The molecule has 0 aromatic heterocycles. The molecular formula is C11H11BrO4. The molecule has 0 aliphatic rings. The zero-order valence-corrected chi connectivity index (χ0v) is 10.4. The first kappa shape index (κ1) is 12.9. The molecule has 0 saturated heterocycles. The fraction of sp³-hybridized carbons (Fsp3) is 0.273. The molecule has 0 heterocycles. The SMILES string of the molecule is COC(=O)c1ccccc1C(=O)C(C)(O)Br. The predicted octanol–water partition coefficient (Wildman–Crippen LogP) is 1.76. The van der Waals surface area contributed by atoms with Crippen molar-refractivity contribution in [1.82, 2.24) is 0 Å². The summed E-state index contributed by atoms with van der Waals surface area (Å²) in [6.45, 7) is 1.30. The fourth-order valence-electron chi connectivity index (χ4n) is 1.21. The maximum Gasteiger partial charge on any atom is 0.338 e. The second-order valence-electron chi connectivity index (χ2n) is 3.32. The van der Waals surface area contributed by atoms with Gasteiger partial charge in [-0.1, -0.05) is 18.2 Å². The molecule has 1 N–H and O–H groups in total. The number of hydrogen-bond donors (Lipinski definition) is 1. The van der Waals surface area contributed by atoms with Crippen LogP contribution in [0, 0.1) is 0 Å². The van der Waals surface area contributed by atoms with Crippen molar-refractivity contribution in [2.24, 2.45) is 0 Å². The third-order valence-corrected chi connectivity index (χ3v) is 2.35. The van der Waals surface area contributed by atoms with E-state index in [9.17, 15) is 14.7 Å². The van der Waals surface area contributed by atoms with Gasteiger partial charge < -0.3 is 9.84 Å². The summed E-state index contributed by atoms with van der Waals surface area (Å²) in [7, 11) is 1.23. The summed E-state index contributed by atoms with van der Waals surface area (Å²) in [5, 5.41) is 9.53. The Hall–Kier alpha value is -1.20. The second kappa shape index (κ2) is 4.76. The highest BCUT2D eigenvalue weighted by atomic mass is 79.9. The number of rotatable bonds is 3. The van der Waals surface area contributed by atoms with Crippen molar-refractivity contribution in [2.45, 2.75) is 11.4 Å². The van der Waals surface area contributed by atoms with E-state index in [2.05, 4.69) is 20.7 Å². The molecule has 0 bridgehead atoms. The number of ketones is 1. The van der Waals surface area contributed by atoms with Crippen LogP contribution in [0.2, 0.25) is 0 Å². The molecule has 4 nitrogen and oxygen atoms in total. The van der Waals surface area contributed by atoms with E-state index in [1.165, 1.54) is 26.2 Å². The first-order chi connectivity index (χ1) is 7.38. The number of methoxy groups -OCH3 is 1. The summed E-state index contributed by atoms with van der Waals surface area (Å²) in [5.41, 5.74) is 0.256. The quantitative estimate of drug-likeness (QED) is 0.522. The van der Waals surface area contributed by atoms with Gasteiger partial charge in [-0.15, -0.1) is 0 Å². The maximum absolute atomic E-state index is 11.8. The monoisotopic (exact) mass is 286 g/mol. The van der Waals surface area contributed by atoms with Crippen molar-refractivity contribution in [3.8, 4) is 0 Å². The summed E-state index contributed by atoms with van der Waals surface area (Å²) in [6, 6.07) is 6.16. The molecule has 1 aromatic rings. The molecule has 0 spiro atoms. The number of carbonyl (C=O) groups is 2. The third-order valence-electron chi connectivity index (χ3n) is 1.99. The van der Waals surface area contributed by atoms with Gasteiger partial charge in [-0.3, -0.25) is 4.79 Å². The summed E-state index contributed by atoms with van der Waals surface area (Å²) in [4.78, 5) is 23.2. The van der Waals surface area contributed by atoms with Crippen molar-refractivity contribution in [3.63, 3.8) is 0 Å². The predicted molar refractivity (Wildman–Crippen MR) is 61.7 cm³/mol. The normalized spacial score (nSPS) is 14.0. The van der Waals surface area contributed by atoms with E-state index in [0.29, 0.717) is 0 Å². The van der Waals surface area contributed by atoms with Gasteiger partial charge in [0.15, 0.2) is 4.51 Å². The molecule has 0 radical (unpaired) electrons. The number of halogens is 1. The number of carbonyl (C=O) groups excluding carboxylic acids is 2. The average Bonchev–Trinajstić information content (AvgIpc) is 2.25. The number of esters is 1. The van der Waals surface area contributed by atoms with E-state index in [4.69, 9.17) is 0 Å². The van der Waals surface area contributed by atoms with Crippen molar-refractivity contribution in [3.05, 3.63) is 35.4 Å². The van der Waals surface area contributed by atoms with E-state index < -0.39 is 16.3 Å². The first-order valence-corrected chi connectivity index (χ1v) is 5.30. The second-order valence-corrected chi connectivity index (χ2v) is 4.86. The maximum atomic E-state index is 11.8. The molecule has 1 atom stereocenters. The van der Waals surface area contributed by atoms with Gasteiger partial charge in [0.05, 0.1) is 12.7 Å². The lowest BCUT2D eigenvalue weighted by atomic mass is 10.0. The number of aliphatic hydroxyl groups is 1. The van der Waals surface area contributed by atoms with Crippen molar-refractivity contribution >= 4 is 27.7 Å². The van der Waals surface area contributed by atoms with Gasteiger partial charge in [0, 0.05) is 5.56 Å². The first-order valence-electron chi connectivity index (χ1n) is 4.51. The number of Topliss-reactive ketones (excluding diaryl/α,β-unsaturated/α-hetero) is 1. The molecular weight excluding hydrogens is 276 g/mol. The zero-order chi connectivity index (χ0) is 12.3.